The van der Waals surface area contributed by atoms with E-state index in [0.717, 1.165) is 0 Å². The summed E-state index contributed by atoms with van der Waals surface area (Å²) in [5, 5.41) is 10.7. The molecule has 0 aliphatic heterocycles. The van der Waals surface area contributed by atoms with Gasteiger partial charge >= 0.3 is 0 Å². The van der Waals surface area contributed by atoms with Crippen molar-refractivity contribution in [2.45, 2.75) is 19.3 Å². The van der Waals surface area contributed by atoms with Crippen LogP contribution in [0.1, 0.15) is 19.3 Å². The van der Waals surface area contributed by atoms with Gasteiger partial charge in [-0.15, -0.1) is 0 Å². The topological polar surface area (TPSA) is 66.4 Å². The Bertz CT molecular complexity index is 145. The van der Waals surface area contributed by atoms with Crippen molar-refractivity contribution in [3.8, 4) is 0 Å². The Morgan fingerprint density at radius 3 is 2.36 bits per heavy atom. The zero-order chi connectivity index (χ0) is 8.69. The standard InChI is InChI=1S/C7H13NO3/c1-8-7(11)3-2-6(10)4-5-9/h9H,2-5H2,1H3,(H,8,11). The highest BCUT2D eigenvalue weighted by Crippen LogP contribution is 1.93. The van der Waals surface area contributed by atoms with Crippen LogP contribution >= 0.6 is 0 Å². The number of carbonyl (C=O) groups is 2. The van der Waals surface area contributed by atoms with Crippen LogP contribution < -0.4 is 5.32 Å². The number of Topliss-reactive ketones (excluding diaryl/α,β-unsaturated/α-hetero) is 1. The second-order valence-corrected chi connectivity index (χ2v) is 2.19. The normalized spacial score (nSPS) is 9.27. The number of rotatable bonds is 5. The number of ketones is 1. The second-order valence-electron chi connectivity index (χ2n) is 2.19. The number of amides is 1. The van der Waals surface area contributed by atoms with Crippen molar-refractivity contribution in [1.29, 1.82) is 0 Å². The van der Waals surface area contributed by atoms with Crippen molar-refractivity contribution in [2.75, 3.05) is 13.7 Å². The molecule has 0 saturated heterocycles. The molecule has 0 atom stereocenters. The largest absolute Gasteiger partial charge is 0.396 e. The van der Waals surface area contributed by atoms with Crippen LogP contribution in [0.2, 0.25) is 0 Å². The molecule has 0 saturated carbocycles. The summed E-state index contributed by atoms with van der Waals surface area (Å²) in [6.07, 6.45) is 0.590. The number of aliphatic hydroxyl groups is 1. The molecule has 0 aromatic rings. The first-order valence-electron chi connectivity index (χ1n) is 3.54. The first kappa shape index (κ1) is 10.1. The highest BCUT2D eigenvalue weighted by atomic mass is 16.3. The predicted molar refractivity (Wildman–Crippen MR) is 40.0 cm³/mol. The van der Waals surface area contributed by atoms with Gasteiger partial charge in [0.25, 0.3) is 0 Å². The van der Waals surface area contributed by atoms with E-state index in [9.17, 15) is 9.59 Å². The molecular weight excluding hydrogens is 146 g/mol. The zero-order valence-electron chi connectivity index (χ0n) is 6.59. The lowest BCUT2D eigenvalue weighted by Gasteiger charge is -1.97. The van der Waals surface area contributed by atoms with E-state index in [2.05, 4.69) is 5.32 Å². The third-order valence-electron chi connectivity index (χ3n) is 1.30. The number of hydrogen-bond donors (Lipinski definition) is 2. The van der Waals surface area contributed by atoms with E-state index in [1.54, 1.807) is 0 Å². The third-order valence-corrected chi connectivity index (χ3v) is 1.30. The molecule has 4 nitrogen and oxygen atoms in total. The van der Waals surface area contributed by atoms with Gasteiger partial charge in [0, 0.05) is 32.9 Å². The van der Waals surface area contributed by atoms with E-state index in [0.29, 0.717) is 0 Å². The Kier molecular flexibility index (Phi) is 5.37. The fraction of sp³-hybridized carbons (Fsp3) is 0.714. The molecule has 1 amide bonds. The van der Waals surface area contributed by atoms with Gasteiger partial charge in [0.15, 0.2) is 0 Å². The lowest BCUT2D eigenvalue weighted by molar-refractivity contribution is -0.125. The molecule has 64 valence electrons. The fourth-order valence-corrected chi connectivity index (χ4v) is 0.628. The fourth-order valence-electron chi connectivity index (χ4n) is 0.628. The van der Waals surface area contributed by atoms with E-state index in [1.807, 2.05) is 0 Å². The molecule has 0 fully saturated rings. The van der Waals surface area contributed by atoms with Gasteiger partial charge in [0.05, 0.1) is 0 Å². The van der Waals surface area contributed by atoms with Gasteiger partial charge in [-0.05, 0) is 0 Å². The van der Waals surface area contributed by atoms with Crippen molar-refractivity contribution >= 4 is 11.7 Å². The Balaban J connectivity index is 3.38. The maximum atomic E-state index is 10.7. The Hall–Kier alpha value is -0.900. The highest BCUT2D eigenvalue weighted by molar-refractivity contribution is 5.84. The summed E-state index contributed by atoms with van der Waals surface area (Å²) in [6.45, 7) is -0.132. The van der Waals surface area contributed by atoms with Crippen molar-refractivity contribution in [3.05, 3.63) is 0 Å². The summed E-state index contributed by atoms with van der Waals surface area (Å²) in [6, 6.07) is 0. The van der Waals surface area contributed by atoms with Crippen molar-refractivity contribution < 1.29 is 14.7 Å². The summed E-state index contributed by atoms with van der Waals surface area (Å²) in [5.74, 6) is -0.215. The van der Waals surface area contributed by atoms with E-state index in [1.165, 1.54) is 7.05 Å². The predicted octanol–water partition coefficient (Wildman–Crippen LogP) is -0.536. The van der Waals surface area contributed by atoms with Gasteiger partial charge in [-0.25, -0.2) is 0 Å². The van der Waals surface area contributed by atoms with Gasteiger partial charge in [-0.1, -0.05) is 0 Å². The maximum Gasteiger partial charge on any atom is 0.220 e. The van der Waals surface area contributed by atoms with Crippen LogP contribution in [-0.4, -0.2) is 30.5 Å². The average molecular weight is 159 g/mol. The van der Waals surface area contributed by atoms with Crippen LogP contribution in [0.3, 0.4) is 0 Å². The minimum atomic E-state index is -0.142. The SMILES string of the molecule is CNC(=O)CCC(=O)CCO. The van der Waals surface area contributed by atoms with Crippen molar-refractivity contribution in [2.24, 2.45) is 0 Å². The van der Waals surface area contributed by atoms with Gasteiger partial charge in [0.1, 0.15) is 5.78 Å². The van der Waals surface area contributed by atoms with Crippen molar-refractivity contribution in [3.63, 3.8) is 0 Å². The van der Waals surface area contributed by atoms with Crippen LogP contribution in [0.5, 0.6) is 0 Å². The molecule has 0 bridgehead atoms. The molecular formula is C7H13NO3. The summed E-state index contributed by atoms with van der Waals surface area (Å²) in [5.41, 5.74) is 0. The van der Waals surface area contributed by atoms with Gasteiger partial charge in [-0.3, -0.25) is 9.59 Å². The van der Waals surface area contributed by atoms with Crippen LogP contribution in [0.25, 0.3) is 0 Å². The first-order chi connectivity index (χ1) is 5.20. The first-order valence-corrected chi connectivity index (χ1v) is 3.54. The molecule has 0 radical (unpaired) electrons. The maximum absolute atomic E-state index is 10.7. The van der Waals surface area contributed by atoms with Gasteiger partial charge < -0.3 is 10.4 Å². The van der Waals surface area contributed by atoms with Gasteiger partial charge in [0.2, 0.25) is 5.91 Å². The minimum absolute atomic E-state index is 0.0731. The number of nitrogens with one attached hydrogen (secondary N) is 1. The molecule has 0 unspecified atom stereocenters. The quantitative estimate of drug-likeness (QED) is 0.566. The van der Waals surface area contributed by atoms with Crippen molar-refractivity contribution in [1.82, 2.24) is 5.32 Å². The third kappa shape index (κ3) is 5.54. The molecule has 0 aromatic carbocycles. The van der Waals surface area contributed by atoms with Crippen LogP contribution in [-0.2, 0) is 9.59 Å². The summed E-state index contributed by atoms with van der Waals surface area (Å²) < 4.78 is 0. The lowest BCUT2D eigenvalue weighted by Crippen LogP contribution is -2.18. The van der Waals surface area contributed by atoms with Gasteiger partial charge in [-0.2, -0.15) is 0 Å². The molecule has 0 aromatic heterocycles. The summed E-state index contributed by atoms with van der Waals surface area (Å²) in [7, 11) is 1.53. The number of carbonyl (C=O) groups excluding carboxylic acids is 2. The molecule has 0 heterocycles. The molecule has 0 aliphatic carbocycles. The highest BCUT2D eigenvalue weighted by Gasteiger charge is 2.03. The monoisotopic (exact) mass is 159 g/mol. The molecule has 0 spiro atoms. The van der Waals surface area contributed by atoms with Crippen LogP contribution in [0, 0.1) is 0 Å². The minimum Gasteiger partial charge on any atom is -0.396 e. The second kappa shape index (κ2) is 5.85. The number of aliphatic hydroxyl groups excluding tert-OH is 1. The Morgan fingerprint density at radius 2 is 1.91 bits per heavy atom. The average Bonchev–Trinajstić information content (AvgIpc) is 2.01. The molecule has 2 N–H and O–H groups in total. The lowest BCUT2D eigenvalue weighted by atomic mass is 10.2. The number of hydrogen-bond acceptors (Lipinski definition) is 3. The van der Waals surface area contributed by atoms with Crippen LogP contribution in [0.4, 0.5) is 0 Å². The van der Waals surface area contributed by atoms with E-state index < -0.39 is 0 Å². The van der Waals surface area contributed by atoms with E-state index in [4.69, 9.17) is 5.11 Å². The molecule has 11 heavy (non-hydrogen) atoms. The molecule has 0 aliphatic rings. The molecule has 0 rings (SSSR count). The summed E-state index contributed by atoms with van der Waals surface area (Å²) >= 11 is 0. The Labute approximate surface area is 65.6 Å². The van der Waals surface area contributed by atoms with E-state index in [-0.39, 0.29) is 37.6 Å². The smallest absolute Gasteiger partial charge is 0.220 e. The molecule has 4 heteroatoms. The van der Waals surface area contributed by atoms with E-state index >= 15 is 0 Å². The Morgan fingerprint density at radius 1 is 1.27 bits per heavy atom. The summed E-state index contributed by atoms with van der Waals surface area (Å²) in [4.78, 5) is 21.3. The van der Waals surface area contributed by atoms with Crippen LogP contribution in [0.15, 0.2) is 0 Å². The zero-order valence-corrected chi connectivity index (χ0v) is 6.59.